The van der Waals surface area contributed by atoms with Gasteiger partial charge in [0.1, 0.15) is 5.65 Å². The fraction of sp³-hybridized carbons (Fsp3) is 0.0714. The number of hydrogen-bond acceptors (Lipinski definition) is 4. The predicted molar refractivity (Wildman–Crippen MR) is 81.9 cm³/mol. The lowest BCUT2D eigenvalue weighted by Gasteiger charge is -2.04. The molecule has 2 aromatic heterocycles. The Bertz CT molecular complexity index is 886. The van der Waals surface area contributed by atoms with Crippen LogP contribution in [-0.2, 0) is 15.6 Å². The zero-order valence-electron chi connectivity index (χ0n) is 10.9. The van der Waals surface area contributed by atoms with E-state index in [1.807, 2.05) is 24.4 Å². The molecule has 3 aromatic rings. The molecule has 5 nitrogen and oxygen atoms in total. The van der Waals surface area contributed by atoms with Crippen molar-refractivity contribution in [3.05, 3.63) is 59.5 Å². The van der Waals surface area contributed by atoms with Crippen LogP contribution in [0.3, 0.4) is 0 Å². The molecule has 2 heterocycles. The second kappa shape index (κ2) is 5.05. The Morgan fingerprint density at radius 2 is 2.05 bits per heavy atom. The van der Waals surface area contributed by atoms with Crippen LogP contribution in [-0.4, -0.2) is 17.8 Å². The minimum absolute atomic E-state index is 0.138. The van der Waals surface area contributed by atoms with Crippen LogP contribution < -0.4 is 5.73 Å². The van der Waals surface area contributed by atoms with E-state index in [0.29, 0.717) is 17.0 Å². The van der Waals surface area contributed by atoms with Crippen LogP contribution in [0.25, 0.3) is 5.65 Å². The number of nitrogen functional groups attached to an aromatic ring is 1. The molecule has 21 heavy (non-hydrogen) atoms. The first-order chi connectivity index (χ1) is 9.95. The van der Waals surface area contributed by atoms with E-state index in [-0.39, 0.29) is 15.7 Å². The summed E-state index contributed by atoms with van der Waals surface area (Å²) in [5, 5.41) is 0.228. The van der Waals surface area contributed by atoms with Crippen LogP contribution in [0, 0.1) is 0 Å². The maximum atomic E-state index is 12.4. The smallest absolute Gasteiger partial charge is 0.184 e. The molecule has 0 saturated carbocycles. The third-order valence-corrected chi connectivity index (χ3v) is 5.06. The van der Waals surface area contributed by atoms with Gasteiger partial charge in [0.2, 0.25) is 0 Å². The van der Waals surface area contributed by atoms with Gasteiger partial charge in [0.25, 0.3) is 0 Å². The standard InChI is InChI=1S/C14H12ClN3O2S/c15-12-7-11(4-5-13(12)16)21(19,20)9-10-8-18-6-2-1-3-14(18)17-10/h1-8H,9,16H2. The maximum Gasteiger partial charge on any atom is 0.184 e. The maximum absolute atomic E-state index is 12.4. The van der Waals surface area contributed by atoms with Gasteiger partial charge in [-0.3, -0.25) is 0 Å². The molecule has 3 rings (SSSR count). The number of sulfone groups is 1. The molecule has 0 aliphatic carbocycles. The molecular formula is C14H12ClN3O2S. The van der Waals surface area contributed by atoms with Crippen molar-refractivity contribution in [2.24, 2.45) is 0 Å². The first kappa shape index (κ1) is 13.9. The van der Waals surface area contributed by atoms with Gasteiger partial charge in [0.15, 0.2) is 9.84 Å². The number of halogens is 1. The van der Waals surface area contributed by atoms with Crippen molar-refractivity contribution < 1.29 is 8.42 Å². The minimum atomic E-state index is -3.52. The Balaban J connectivity index is 1.96. The molecular weight excluding hydrogens is 310 g/mol. The largest absolute Gasteiger partial charge is 0.398 e. The van der Waals surface area contributed by atoms with Crippen molar-refractivity contribution >= 4 is 32.8 Å². The lowest BCUT2D eigenvalue weighted by Crippen LogP contribution is -2.05. The SMILES string of the molecule is Nc1ccc(S(=O)(=O)Cc2cn3ccccc3n2)cc1Cl. The van der Waals surface area contributed by atoms with Crippen LogP contribution in [0.15, 0.2) is 53.7 Å². The summed E-state index contributed by atoms with van der Waals surface area (Å²) in [6, 6.07) is 9.82. The van der Waals surface area contributed by atoms with Gasteiger partial charge in [0.05, 0.1) is 27.1 Å². The Kier molecular flexibility index (Phi) is 3.35. The molecule has 0 fully saturated rings. The number of hydrogen-bond donors (Lipinski definition) is 1. The van der Waals surface area contributed by atoms with E-state index in [4.69, 9.17) is 17.3 Å². The quantitative estimate of drug-likeness (QED) is 0.752. The minimum Gasteiger partial charge on any atom is -0.398 e. The summed E-state index contributed by atoms with van der Waals surface area (Å²) < 4.78 is 26.6. The Labute approximate surface area is 126 Å². The molecule has 0 spiro atoms. The molecule has 0 bridgehead atoms. The van der Waals surface area contributed by atoms with Crippen molar-refractivity contribution in [3.63, 3.8) is 0 Å². The number of benzene rings is 1. The topological polar surface area (TPSA) is 77.5 Å². The van der Waals surface area contributed by atoms with Gasteiger partial charge < -0.3 is 10.1 Å². The molecule has 0 aliphatic rings. The average Bonchev–Trinajstić information content (AvgIpc) is 2.82. The monoisotopic (exact) mass is 321 g/mol. The third kappa shape index (κ3) is 2.72. The van der Waals surface area contributed by atoms with Crippen molar-refractivity contribution in [1.82, 2.24) is 9.38 Å². The van der Waals surface area contributed by atoms with E-state index in [1.165, 1.54) is 18.2 Å². The van der Waals surface area contributed by atoms with E-state index >= 15 is 0 Å². The van der Waals surface area contributed by atoms with E-state index in [0.717, 1.165) is 0 Å². The Morgan fingerprint density at radius 1 is 1.24 bits per heavy atom. The molecule has 0 atom stereocenters. The molecule has 7 heteroatoms. The summed E-state index contributed by atoms with van der Waals surface area (Å²) in [6.45, 7) is 0. The van der Waals surface area contributed by atoms with E-state index in [9.17, 15) is 8.42 Å². The summed E-state index contributed by atoms with van der Waals surface area (Å²) in [6.07, 6.45) is 3.52. The van der Waals surface area contributed by atoms with Gasteiger partial charge in [-0.25, -0.2) is 13.4 Å². The first-order valence-corrected chi connectivity index (χ1v) is 8.19. The molecule has 0 aliphatic heterocycles. The molecule has 0 saturated heterocycles. The molecule has 0 amide bonds. The van der Waals surface area contributed by atoms with Gasteiger partial charge in [-0.1, -0.05) is 17.7 Å². The highest BCUT2D eigenvalue weighted by Crippen LogP contribution is 2.24. The number of nitrogens with two attached hydrogens (primary N) is 1. The van der Waals surface area contributed by atoms with Gasteiger partial charge >= 0.3 is 0 Å². The average molecular weight is 322 g/mol. The van der Waals surface area contributed by atoms with Gasteiger partial charge in [-0.15, -0.1) is 0 Å². The Hall–Kier alpha value is -2.05. The number of aromatic nitrogens is 2. The first-order valence-electron chi connectivity index (χ1n) is 6.16. The fourth-order valence-electron chi connectivity index (χ4n) is 2.04. The summed E-state index contributed by atoms with van der Waals surface area (Å²) in [4.78, 5) is 4.43. The Morgan fingerprint density at radius 3 is 2.76 bits per heavy atom. The van der Waals surface area contributed by atoms with Crippen LogP contribution in [0.5, 0.6) is 0 Å². The van der Waals surface area contributed by atoms with E-state index < -0.39 is 9.84 Å². The third-order valence-electron chi connectivity index (χ3n) is 3.08. The lowest BCUT2D eigenvalue weighted by molar-refractivity contribution is 0.595. The highest BCUT2D eigenvalue weighted by molar-refractivity contribution is 7.90. The second-order valence-corrected chi connectivity index (χ2v) is 7.04. The number of anilines is 1. The van der Waals surface area contributed by atoms with Crippen LogP contribution in [0.2, 0.25) is 5.02 Å². The lowest BCUT2D eigenvalue weighted by atomic mass is 10.3. The molecule has 2 N–H and O–H groups in total. The second-order valence-electron chi connectivity index (χ2n) is 4.64. The van der Waals surface area contributed by atoms with Gasteiger partial charge in [-0.2, -0.15) is 0 Å². The van der Waals surface area contributed by atoms with Crippen molar-refractivity contribution in [2.45, 2.75) is 10.6 Å². The summed E-state index contributed by atoms with van der Waals surface area (Å²) in [5.41, 5.74) is 7.13. The normalized spacial score (nSPS) is 11.9. The number of rotatable bonds is 3. The van der Waals surface area contributed by atoms with E-state index in [2.05, 4.69) is 4.98 Å². The highest BCUT2D eigenvalue weighted by atomic mass is 35.5. The number of nitrogens with zero attached hydrogens (tertiary/aromatic N) is 2. The summed E-state index contributed by atoms with van der Waals surface area (Å²) in [7, 11) is -3.52. The number of imidazole rings is 1. The zero-order valence-corrected chi connectivity index (χ0v) is 12.5. The van der Waals surface area contributed by atoms with Crippen LogP contribution >= 0.6 is 11.6 Å². The number of fused-ring (bicyclic) bond motifs is 1. The molecule has 108 valence electrons. The predicted octanol–water partition coefficient (Wildman–Crippen LogP) is 2.54. The van der Waals surface area contributed by atoms with Crippen molar-refractivity contribution in [2.75, 3.05) is 5.73 Å². The fourth-order valence-corrected chi connectivity index (χ4v) is 3.55. The van der Waals surface area contributed by atoms with Gasteiger partial charge in [0, 0.05) is 12.4 Å². The molecule has 1 aromatic carbocycles. The molecule has 0 unspecified atom stereocenters. The highest BCUT2D eigenvalue weighted by Gasteiger charge is 2.18. The van der Waals surface area contributed by atoms with Crippen molar-refractivity contribution in [1.29, 1.82) is 0 Å². The van der Waals surface area contributed by atoms with Crippen LogP contribution in [0.4, 0.5) is 5.69 Å². The summed E-state index contributed by atoms with van der Waals surface area (Å²) in [5.74, 6) is -0.186. The van der Waals surface area contributed by atoms with Crippen LogP contribution in [0.1, 0.15) is 5.69 Å². The van der Waals surface area contributed by atoms with Crippen molar-refractivity contribution in [3.8, 4) is 0 Å². The zero-order chi connectivity index (χ0) is 15.0. The molecule has 0 radical (unpaired) electrons. The summed E-state index contributed by atoms with van der Waals surface area (Å²) >= 11 is 5.88. The number of pyridine rings is 1. The van der Waals surface area contributed by atoms with E-state index in [1.54, 1.807) is 10.6 Å². The van der Waals surface area contributed by atoms with Gasteiger partial charge in [-0.05, 0) is 30.3 Å².